The molecule has 212 valence electrons. The summed E-state index contributed by atoms with van der Waals surface area (Å²) in [6, 6.07) is 18.4. The molecule has 0 saturated carbocycles. The number of hydrogen-bond acceptors (Lipinski definition) is 6. The van der Waals surface area contributed by atoms with E-state index in [9.17, 15) is 9.59 Å². The molecule has 41 heavy (non-hydrogen) atoms. The molecule has 1 saturated heterocycles. The second-order valence-electron chi connectivity index (χ2n) is 10.3. The van der Waals surface area contributed by atoms with Crippen LogP contribution in [0.5, 0.6) is 23.0 Å². The number of para-hydroxylation sites is 1. The van der Waals surface area contributed by atoms with Gasteiger partial charge in [0.15, 0.2) is 23.0 Å². The summed E-state index contributed by atoms with van der Waals surface area (Å²) in [4.78, 5) is 35.0. The van der Waals surface area contributed by atoms with Crippen LogP contribution in [0.3, 0.4) is 0 Å². The number of methoxy groups -OCH3 is 4. The van der Waals surface area contributed by atoms with Crippen molar-refractivity contribution in [3.05, 3.63) is 83.0 Å². The van der Waals surface area contributed by atoms with Gasteiger partial charge in [-0.3, -0.25) is 9.59 Å². The zero-order chi connectivity index (χ0) is 28.7. The van der Waals surface area contributed by atoms with E-state index in [2.05, 4.69) is 11.1 Å². The van der Waals surface area contributed by atoms with Crippen LogP contribution >= 0.6 is 0 Å². The van der Waals surface area contributed by atoms with Crippen LogP contribution in [0.2, 0.25) is 0 Å². The lowest BCUT2D eigenvalue weighted by molar-refractivity contribution is -0.158. The molecule has 2 amide bonds. The van der Waals surface area contributed by atoms with Crippen LogP contribution in [-0.2, 0) is 22.4 Å². The minimum absolute atomic E-state index is 0.0158. The van der Waals surface area contributed by atoms with Gasteiger partial charge < -0.3 is 33.7 Å². The van der Waals surface area contributed by atoms with E-state index in [-0.39, 0.29) is 18.4 Å². The highest BCUT2D eigenvalue weighted by molar-refractivity contribution is 5.97. The highest BCUT2D eigenvalue weighted by Gasteiger charge is 2.48. The van der Waals surface area contributed by atoms with Gasteiger partial charge in [0.1, 0.15) is 6.04 Å². The molecule has 1 unspecified atom stereocenters. The quantitative estimate of drug-likeness (QED) is 0.352. The Hall–Kier alpha value is -4.66. The maximum Gasteiger partial charge on any atom is 0.246 e. The lowest BCUT2D eigenvalue weighted by Crippen LogP contribution is -2.63. The molecule has 9 nitrogen and oxygen atoms in total. The molecule has 1 fully saturated rings. The maximum absolute atomic E-state index is 14.1. The largest absolute Gasteiger partial charge is 0.493 e. The fourth-order valence-corrected chi connectivity index (χ4v) is 6.18. The van der Waals surface area contributed by atoms with E-state index < -0.39 is 12.1 Å². The van der Waals surface area contributed by atoms with Crippen LogP contribution in [0, 0.1) is 0 Å². The fraction of sp³-hybridized carbons (Fsp3) is 0.312. The number of piperazine rings is 1. The first-order chi connectivity index (χ1) is 20.0. The van der Waals surface area contributed by atoms with E-state index >= 15 is 0 Å². The van der Waals surface area contributed by atoms with Crippen LogP contribution in [0.25, 0.3) is 10.9 Å². The Morgan fingerprint density at radius 3 is 2.24 bits per heavy atom. The van der Waals surface area contributed by atoms with Crippen molar-refractivity contribution >= 4 is 22.7 Å². The molecular weight excluding hydrogens is 522 g/mol. The smallest absolute Gasteiger partial charge is 0.246 e. The van der Waals surface area contributed by atoms with Gasteiger partial charge in [0.2, 0.25) is 11.8 Å². The maximum atomic E-state index is 14.1. The second-order valence-corrected chi connectivity index (χ2v) is 10.3. The number of aromatic amines is 1. The van der Waals surface area contributed by atoms with Gasteiger partial charge >= 0.3 is 0 Å². The molecule has 0 aliphatic carbocycles. The number of ether oxygens (including phenoxy) is 4. The first-order valence-corrected chi connectivity index (χ1v) is 13.6. The Morgan fingerprint density at radius 2 is 1.51 bits per heavy atom. The minimum Gasteiger partial charge on any atom is -0.493 e. The van der Waals surface area contributed by atoms with Crippen LogP contribution in [0.1, 0.15) is 28.4 Å². The van der Waals surface area contributed by atoms with Crippen molar-refractivity contribution in [1.82, 2.24) is 14.8 Å². The number of fused-ring (bicyclic) bond motifs is 4. The van der Waals surface area contributed by atoms with Crippen LogP contribution in [0.15, 0.2) is 60.7 Å². The lowest BCUT2D eigenvalue weighted by Gasteiger charge is -2.47. The standard InChI is InChI=1S/C32H33N3O6/c1-38-25-11-9-19(15-27(25)40-3)13-14-34-18-29(36)35-24(32(34)37)17-22-21-7-5-6-8-23(21)33-30(22)31(35)20-10-12-26(39-2)28(16-20)41-4/h5-12,15-16,24,31,33H,13-14,17-18H2,1-4H3/t24-,31?/m0/s1. The normalized spacial score (nSPS) is 18.2. The first-order valence-electron chi connectivity index (χ1n) is 13.6. The van der Waals surface area contributed by atoms with Gasteiger partial charge in [0.05, 0.1) is 41.0 Å². The molecule has 3 aromatic carbocycles. The molecule has 9 heteroatoms. The number of hydrogen-bond donors (Lipinski definition) is 1. The lowest BCUT2D eigenvalue weighted by atomic mass is 9.86. The molecule has 4 aromatic rings. The minimum atomic E-state index is -0.619. The topological polar surface area (TPSA) is 93.3 Å². The van der Waals surface area contributed by atoms with Gasteiger partial charge in [-0.05, 0) is 53.4 Å². The van der Waals surface area contributed by atoms with E-state index in [1.807, 2.05) is 54.6 Å². The number of H-pyrrole nitrogens is 1. The van der Waals surface area contributed by atoms with Crippen molar-refractivity contribution in [2.45, 2.75) is 24.9 Å². The average Bonchev–Trinajstić information content (AvgIpc) is 3.38. The monoisotopic (exact) mass is 555 g/mol. The van der Waals surface area contributed by atoms with Gasteiger partial charge in [-0.25, -0.2) is 0 Å². The van der Waals surface area contributed by atoms with Gasteiger partial charge in [-0.15, -0.1) is 0 Å². The summed E-state index contributed by atoms with van der Waals surface area (Å²) >= 11 is 0. The molecule has 1 N–H and O–H groups in total. The average molecular weight is 556 g/mol. The summed E-state index contributed by atoms with van der Waals surface area (Å²) in [6.07, 6.45) is 1.03. The summed E-state index contributed by atoms with van der Waals surface area (Å²) in [5, 5.41) is 1.07. The van der Waals surface area contributed by atoms with Crippen molar-refractivity contribution in [3.8, 4) is 23.0 Å². The zero-order valence-electron chi connectivity index (χ0n) is 23.6. The van der Waals surface area contributed by atoms with Crippen molar-refractivity contribution in [2.75, 3.05) is 41.5 Å². The van der Waals surface area contributed by atoms with Gasteiger partial charge in [-0.2, -0.15) is 0 Å². The number of carbonyl (C=O) groups excluding carboxylic acids is 2. The van der Waals surface area contributed by atoms with Gasteiger partial charge in [0, 0.05) is 29.6 Å². The molecular formula is C32H33N3O6. The molecule has 0 spiro atoms. The number of rotatable bonds is 8. The molecule has 6 rings (SSSR count). The van der Waals surface area contributed by atoms with Gasteiger partial charge in [-0.1, -0.05) is 30.3 Å². The number of benzene rings is 3. The number of aromatic nitrogens is 1. The molecule has 2 aliphatic heterocycles. The van der Waals surface area contributed by atoms with E-state index in [1.165, 1.54) is 0 Å². The van der Waals surface area contributed by atoms with Gasteiger partial charge in [0.25, 0.3) is 0 Å². The summed E-state index contributed by atoms with van der Waals surface area (Å²) in [5.41, 5.74) is 4.81. The van der Waals surface area contributed by atoms with Crippen LogP contribution in [0.4, 0.5) is 0 Å². The van der Waals surface area contributed by atoms with E-state index in [1.54, 1.807) is 38.2 Å². The van der Waals surface area contributed by atoms with E-state index in [0.29, 0.717) is 42.4 Å². The number of nitrogens with zero attached hydrogens (tertiary/aromatic N) is 2. The second kappa shape index (κ2) is 10.7. The summed E-state index contributed by atoms with van der Waals surface area (Å²) in [5.74, 6) is 2.31. The predicted molar refractivity (Wildman–Crippen MR) is 154 cm³/mol. The molecule has 2 aliphatic rings. The number of carbonyl (C=O) groups is 2. The predicted octanol–water partition coefficient (Wildman–Crippen LogP) is 4.13. The van der Waals surface area contributed by atoms with Crippen molar-refractivity contribution in [1.29, 1.82) is 0 Å². The van der Waals surface area contributed by atoms with Crippen LogP contribution < -0.4 is 18.9 Å². The van der Waals surface area contributed by atoms with Crippen molar-refractivity contribution in [3.63, 3.8) is 0 Å². The Morgan fingerprint density at radius 1 is 0.829 bits per heavy atom. The Bertz CT molecular complexity index is 1630. The number of amides is 2. The third-order valence-corrected chi connectivity index (χ3v) is 8.18. The summed E-state index contributed by atoms with van der Waals surface area (Å²) < 4.78 is 21.8. The molecule has 2 atom stereocenters. The molecule has 0 radical (unpaired) electrons. The SMILES string of the molecule is COc1ccc(CCN2CC(=O)N3C(c4ccc(OC)c(OC)c4)c4[nH]c5ccccc5c4C[C@H]3C2=O)cc1OC. The number of nitrogens with one attached hydrogen (secondary N) is 1. The Kier molecular flexibility index (Phi) is 6.95. The summed E-state index contributed by atoms with van der Waals surface area (Å²) in [7, 11) is 6.37. The van der Waals surface area contributed by atoms with Crippen molar-refractivity contribution in [2.24, 2.45) is 0 Å². The Labute approximate surface area is 238 Å². The van der Waals surface area contributed by atoms with E-state index in [4.69, 9.17) is 18.9 Å². The Balaban J connectivity index is 1.36. The molecule has 3 heterocycles. The molecule has 0 bridgehead atoms. The van der Waals surface area contributed by atoms with Crippen LogP contribution in [-0.4, -0.2) is 74.2 Å². The third kappa shape index (κ3) is 4.51. The third-order valence-electron chi connectivity index (χ3n) is 8.18. The highest BCUT2D eigenvalue weighted by atomic mass is 16.5. The fourth-order valence-electron chi connectivity index (χ4n) is 6.18. The van der Waals surface area contributed by atoms with Crippen molar-refractivity contribution < 1.29 is 28.5 Å². The molecule has 1 aromatic heterocycles. The highest BCUT2D eigenvalue weighted by Crippen LogP contribution is 2.44. The first kappa shape index (κ1) is 26.6. The van der Waals surface area contributed by atoms with E-state index in [0.717, 1.165) is 33.3 Å². The summed E-state index contributed by atoms with van der Waals surface area (Å²) in [6.45, 7) is 0.439. The zero-order valence-corrected chi connectivity index (χ0v) is 23.6.